The number of amides is 1. The van der Waals surface area contributed by atoms with Crippen molar-refractivity contribution < 1.29 is 19.1 Å². The number of aliphatic carboxylic acids is 1. The van der Waals surface area contributed by atoms with Gasteiger partial charge in [0.15, 0.2) is 5.76 Å². The van der Waals surface area contributed by atoms with E-state index in [1.54, 1.807) is 23.9 Å². The predicted molar refractivity (Wildman–Crippen MR) is 76.8 cm³/mol. The van der Waals surface area contributed by atoms with E-state index in [1.807, 2.05) is 13.2 Å². The summed E-state index contributed by atoms with van der Waals surface area (Å²) in [5.41, 5.74) is 0. The Morgan fingerprint density at radius 2 is 2.25 bits per heavy atom. The lowest BCUT2D eigenvalue weighted by atomic mass is 9.90. The number of piperidine rings is 1. The third-order valence-corrected chi connectivity index (χ3v) is 4.18. The smallest absolute Gasteiger partial charge is 0.326 e. The minimum Gasteiger partial charge on any atom is -0.480 e. The fraction of sp³-hybridized carbons (Fsp3) is 0.571. The predicted octanol–water partition coefficient (Wildman–Crippen LogP) is 2.47. The second-order valence-corrected chi connectivity index (χ2v) is 5.97. The van der Waals surface area contributed by atoms with Crippen LogP contribution in [0.2, 0.25) is 0 Å². The highest BCUT2D eigenvalue weighted by Gasteiger charge is 2.38. The molecule has 1 aliphatic rings. The van der Waals surface area contributed by atoms with E-state index in [9.17, 15) is 14.7 Å². The van der Waals surface area contributed by atoms with E-state index in [4.69, 9.17) is 4.42 Å². The summed E-state index contributed by atoms with van der Waals surface area (Å²) < 4.78 is 5.50. The van der Waals surface area contributed by atoms with Gasteiger partial charge in [-0.1, -0.05) is 6.92 Å². The van der Waals surface area contributed by atoms with Gasteiger partial charge in [-0.15, -0.1) is 0 Å². The highest BCUT2D eigenvalue weighted by Crippen LogP contribution is 2.26. The van der Waals surface area contributed by atoms with Crippen LogP contribution in [0.3, 0.4) is 0 Å². The van der Waals surface area contributed by atoms with Crippen molar-refractivity contribution in [3.05, 3.63) is 23.7 Å². The van der Waals surface area contributed by atoms with Crippen LogP contribution in [0.5, 0.6) is 0 Å². The van der Waals surface area contributed by atoms with Crippen molar-refractivity contribution in [3.63, 3.8) is 0 Å². The highest BCUT2D eigenvalue weighted by molar-refractivity contribution is 7.97. The second kappa shape index (κ2) is 6.35. The Balaban J connectivity index is 2.18. The van der Waals surface area contributed by atoms with E-state index < -0.39 is 12.0 Å². The summed E-state index contributed by atoms with van der Waals surface area (Å²) >= 11 is 1.61. The van der Waals surface area contributed by atoms with Crippen molar-refractivity contribution in [2.24, 2.45) is 5.92 Å². The lowest BCUT2D eigenvalue weighted by Crippen LogP contribution is -2.51. The highest BCUT2D eigenvalue weighted by atomic mass is 32.2. The molecule has 0 saturated carbocycles. The zero-order chi connectivity index (χ0) is 14.7. The molecule has 20 heavy (non-hydrogen) atoms. The van der Waals surface area contributed by atoms with Crippen molar-refractivity contribution in [1.82, 2.24) is 4.90 Å². The van der Waals surface area contributed by atoms with Crippen LogP contribution in [-0.4, -0.2) is 40.7 Å². The molecule has 2 rings (SSSR count). The van der Waals surface area contributed by atoms with Gasteiger partial charge in [0.25, 0.3) is 5.91 Å². The van der Waals surface area contributed by atoms with Crippen LogP contribution in [0, 0.1) is 5.92 Å². The Morgan fingerprint density at radius 3 is 2.90 bits per heavy atom. The Morgan fingerprint density at radius 1 is 1.50 bits per heavy atom. The van der Waals surface area contributed by atoms with Gasteiger partial charge in [-0.2, -0.15) is 11.8 Å². The zero-order valence-electron chi connectivity index (χ0n) is 11.7. The molecule has 1 saturated heterocycles. The summed E-state index contributed by atoms with van der Waals surface area (Å²) in [6, 6.07) is 2.64. The first-order valence-corrected chi connectivity index (χ1v) is 8.05. The van der Waals surface area contributed by atoms with Gasteiger partial charge in [0.05, 0.1) is 5.75 Å². The molecule has 1 amide bonds. The van der Waals surface area contributed by atoms with Gasteiger partial charge in [0, 0.05) is 6.54 Å². The summed E-state index contributed by atoms with van der Waals surface area (Å²) in [6.45, 7) is 2.35. The molecule has 1 aromatic heterocycles. The maximum absolute atomic E-state index is 12.4. The van der Waals surface area contributed by atoms with Crippen LogP contribution >= 0.6 is 11.8 Å². The topological polar surface area (TPSA) is 70.8 Å². The Hall–Kier alpha value is -1.43. The normalized spacial score (nSPS) is 22.8. The minimum absolute atomic E-state index is 0.0363. The summed E-state index contributed by atoms with van der Waals surface area (Å²) in [4.78, 5) is 25.3. The third kappa shape index (κ3) is 3.00. The Labute approximate surface area is 122 Å². The van der Waals surface area contributed by atoms with E-state index in [0.717, 1.165) is 18.6 Å². The van der Waals surface area contributed by atoms with Gasteiger partial charge in [-0.05, 0) is 37.1 Å². The number of likely N-dealkylation sites (tertiary alicyclic amines) is 1. The molecule has 1 N–H and O–H groups in total. The van der Waals surface area contributed by atoms with Crippen molar-refractivity contribution in [1.29, 1.82) is 0 Å². The number of nitrogens with zero attached hydrogens (tertiary/aromatic N) is 1. The Bertz CT molecular complexity index is 499. The number of hydrogen-bond acceptors (Lipinski definition) is 4. The van der Waals surface area contributed by atoms with E-state index >= 15 is 0 Å². The quantitative estimate of drug-likeness (QED) is 0.924. The number of carbonyl (C=O) groups is 2. The molecule has 1 aromatic rings. The van der Waals surface area contributed by atoms with Crippen LogP contribution in [0.1, 0.15) is 36.1 Å². The molecule has 2 unspecified atom stereocenters. The second-order valence-electron chi connectivity index (χ2n) is 5.10. The first-order valence-electron chi connectivity index (χ1n) is 6.66. The SMILES string of the molecule is CSCc1ccc(C(=O)N2CCCC(C)C2C(=O)O)o1. The van der Waals surface area contributed by atoms with Crippen molar-refractivity contribution >= 4 is 23.6 Å². The van der Waals surface area contributed by atoms with E-state index in [-0.39, 0.29) is 17.6 Å². The van der Waals surface area contributed by atoms with Crippen LogP contribution in [-0.2, 0) is 10.5 Å². The van der Waals surface area contributed by atoms with Gasteiger partial charge in [0.1, 0.15) is 11.8 Å². The van der Waals surface area contributed by atoms with Gasteiger partial charge in [-0.25, -0.2) is 4.79 Å². The van der Waals surface area contributed by atoms with Gasteiger partial charge in [-0.3, -0.25) is 4.79 Å². The summed E-state index contributed by atoms with van der Waals surface area (Å²) in [6.07, 6.45) is 3.61. The van der Waals surface area contributed by atoms with E-state index in [1.165, 1.54) is 4.90 Å². The molecule has 0 bridgehead atoms. The first kappa shape index (κ1) is 15.0. The molecular weight excluding hydrogens is 278 g/mol. The molecule has 0 aromatic carbocycles. The van der Waals surface area contributed by atoms with Crippen molar-refractivity contribution in [2.45, 2.75) is 31.6 Å². The summed E-state index contributed by atoms with van der Waals surface area (Å²) in [5, 5.41) is 9.34. The summed E-state index contributed by atoms with van der Waals surface area (Å²) in [7, 11) is 0. The van der Waals surface area contributed by atoms with Crippen LogP contribution in [0.15, 0.2) is 16.5 Å². The van der Waals surface area contributed by atoms with E-state index in [2.05, 4.69) is 0 Å². The van der Waals surface area contributed by atoms with Crippen LogP contribution in [0.4, 0.5) is 0 Å². The number of hydrogen-bond donors (Lipinski definition) is 1. The number of carboxylic acids is 1. The summed E-state index contributed by atoms with van der Waals surface area (Å²) in [5.74, 6) is 0.363. The fourth-order valence-corrected chi connectivity index (χ4v) is 3.09. The molecule has 2 atom stereocenters. The van der Waals surface area contributed by atoms with Crippen LogP contribution in [0.25, 0.3) is 0 Å². The maximum Gasteiger partial charge on any atom is 0.326 e. The number of thioether (sulfide) groups is 1. The lowest BCUT2D eigenvalue weighted by molar-refractivity contribution is -0.145. The number of carboxylic acid groups (broad SMARTS) is 1. The lowest BCUT2D eigenvalue weighted by Gasteiger charge is -2.36. The largest absolute Gasteiger partial charge is 0.480 e. The molecule has 0 radical (unpaired) electrons. The average Bonchev–Trinajstić information content (AvgIpc) is 2.86. The van der Waals surface area contributed by atoms with Crippen molar-refractivity contribution in [2.75, 3.05) is 12.8 Å². The number of furan rings is 1. The monoisotopic (exact) mass is 297 g/mol. The molecule has 110 valence electrons. The third-order valence-electron chi connectivity index (χ3n) is 3.61. The average molecular weight is 297 g/mol. The van der Waals surface area contributed by atoms with Gasteiger partial charge >= 0.3 is 5.97 Å². The van der Waals surface area contributed by atoms with Crippen LogP contribution < -0.4 is 0 Å². The molecular formula is C14H19NO4S. The minimum atomic E-state index is -0.943. The standard InChI is InChI=1S/C14H19NO4S/c1-9-4-3-7-15(12(9)14(17)18)13(16)11-6-5-10(19-11)8-20-2/h5-6,9,12H,3-4,7-8H2,1-2H3,(H,17,18). The van der Waals surface area contributed by atoms with Crippen molar-refractivity contribution in [3.8, 4) is 0 Å². The molecule has 1 fully saturated rings. The van der Waals surface area contributed by atoms with Gasteiger partial charge in [0.2, 0.25) is 0 Å². The van der Waals surface area contributed by atoms with Gasteiger partial charge < -0.3 is 14.4 Å². The molecule has 0 spiro atoms. The molecule has 2 heterocycles. The molecule has 0 aliphatic carbocycles. The molecule has 1 aliphatic heterocycles. The fourth-order valence-electron chi connectivity index (χ4n) is 2.65. The molecule has 5 nitrogen and oxygen atoms in total. The zero-order valence-corrected chi connectivity index (χ0v) is 12.5. The van der Waals surface area contributed by atoms with E-state index in [0.29, 0.717) is 12.3 Å². The number of rotatable bonds is 4. The maximum atomic E-state index is 12.4. The Kier molecular flexibility index (Phi) is 4.75. The first-order chi connectivity index (χ1) is 9.54. The molecule has 6 heteroatoms. The number of carbonyl (C=O) groups excluding carboxylic acids is 1.